The standard InChI is InChI=1S/C14H22N2O2/c1-10(2)11-5-7-12(8-6-11)15-13(18)16-14(3,4)9-17/h5-8,10,17H,9H2,1-4H3,(H2,15,16,18). The first-order valence-electron chi connectivity index (χ1n) is 6.14. The highest BCUT2D eigenvalue weighted by molar-refractivity contribution is 5.89. The van der Waals surface area contributed by atoms with Crippen LogP contribution in [0.1, 0.15) is 39.2 Å². The minimum absolute atomic E-state index is 0.104. The van der Waals surface area contributed by atoms with Gasteiger partial charge >= 0.3 is 6.03 Å². The van der Waals surface area contributed by atoms with Gasteiger partial charge in [0.2, 0.25) is 0 Å². The monoisotopic (exact) mass is 250 g/mol. The molecule has 0 aliphatic rings. The number of carbonyl (C=O) groups is 1. The molecule has 0 unspecified atom stereocenters. The number of hydrogen-bond acceptors (Lipinski definition) is 2. The van der Waals surface area contributed by atoms with Crippen molar-refractivity contribution in [1.29, 1.82) is 0 Å². The molecular weight excluding hydrogens is 228 g/mol. The first-order chi connectivity index (χ1) is 8.34. The fraction of sp³-hybridized carbons (Fsp3) is 0.500. The maximum atomic E-state index is 11.7. The van der Waals surface area contributed by atoms with Gasteiger partial charge in [-0.1, -0.05) is 26.0 Å². The van der Waals surface area contributed by atoms with Crippen molar-refractivity contribution in [2.24, 2.45) is 0 Å². The van der Waals surface area contributed by atoms with Crippen LogP contribution in [0.2, 0.25) is 0 Å². The molecular formula is C14H22N2O2. The molecule has 4 nitrogen and oxygen atoms in total. The van der Waals surface area contributed by atoms with Crippen LogP contribution in [0.5, 0.6) is 0 Å². The second kappa shape index (κ2) is 5.87. The molecule has 4 heteroatoms. The molecule has 1 aromatic rings. The Bertz CT molecular complexity index is 397. The summed E-state index contributed by atoms with van der Waals surface area (Å²) >= 11 is 0. The van der Waals surface area contributed by atoms with Crippen molar-refractivity contribution in [3.8, 4) is 0 Å². The molecule has 100 valence electrons. The van der Waals surface area contributed by atoms with Crippen LogP contribution >= 0.6 is 0 Å². The first-order valence-corrected chi connectivity index (χ1v) is 6.14. The zero-order valence-corrected chi connectivity index (χ0v) is 11.4. The van der Waals surface area contributed by atoms with E-state index in [1.165, 1.54) is 5.56 Å². The van der Waals surface area contributed by atoms with Crippen LogP contribution < -0.4 is 10.6 Å². The van der Waals surface area contributed by atoms with Gasteiger partial charge in [0.15, 0.2) is 0 Å². The summed E-state index contributed by atoms with van der Waals surface area (Å²) in [5.74, 6) is 0.473. The maximum absolute atomic E-state index is 11.7. The third-order valence-corrected chi connectivity index (χ3v) is 2.68. The lowest BCUT2D eigenvalue weighted by Crippen LogP contribution is -2.48. The smallest absolute Gasteiger partial charge is 0.319 e. The lowest BCUT2D eigenvalue weighted by molar-refractivity contribution is 0.187. The Hall–Kier alpha value is -1.55. The van der Waals surface area contributed by atoms with Crippen molar-refractivity contribution in [1.82, 2.24) is 5.32 Å². The third kappa shape index (κ3) is 4.37. The van der Waals surface area contributed by atoms with Gasteiger partial charge in [-0.05, 0) is 37.5 Å². The van der Waals surface area contributed by atoms with Gasteiger partial charge in [-0.2, -0.15) is 0 Å². The topological polar surface area (TPSA) is 61.4 Å². The summed E-state index contributed by atoms with van der Waals surface area (Å²) in [6.07, 6.45) is 0. The number of aliphatic hydroxyl groups excluding tert-OH is 1. The van der Waals surface area contributed by atoms with Crippen molar-refractivity contribution in [2.45, 2.75) is 39.2 Å². The molecule has 0 heterocycles. The number of carbonyl (C=O) groups excluding carboxylic acids is 1. The van der Waals surface area contributed by atoms with Crippen LogP contribution in [-0.4, -0.2) is 23.3 Å². The van der Waals surface area contributed by atoms with Gasteiger partial charge in [0.25, 0.3) is 0 Å². The Morgan fingerprint density at radius 3 is 2.28 bits per heavy atom. The van der Waals surface area contributed by atoms with Gasteiger partial charge in [-0.3, -0.25) is 0 Å². The van der Waals surface area contributed by atoms with Crippen molar-refractivity contribution in [2.75, 3.05) is 11.9 Å². The van der Waals surface area contributed by atoms with Crippen LogP contribution in [0.4, 0.5) is 10.5 Å². The Kier molecular flexibility index (Phi) is 4.73. The molecule has 0 atom stereocenters. The first kappa shape index (κ1) is 14.5. The van der Waals surface area contributed by atoms with E-state index in [1.807, 2.05) is 24.3 Å². The van der Waals surface area contributed by atoms with Crippen molar-refractivity contribution < 1.29 is 9.90 Å². The molecule has 0 aromatic heterocycles. The molecule has 0 radical (unpaired) electrons. The lowest BCUT2D eigenvalue weighted by Gasteiger charge is -2.23. The van der Waals surface area contributed by atoms with Gasteiger partial charge < -0.3 is 15.7 Å². The molecule has 0 spiro atoms. The molecule has 0 saturated heterocycles. The molecule has 1 aromatic carbocycles. The Morgan fingerprint density at radius 2 is 1.83 bits per heavy atom. The minimum atomic E-state index is -0.623. The van der Waals surface area contributed by atoms with Crippen LogP contribution in [0, 0.1) is 0 Å². The van der Waals surface area contributed by atoms with E-state index >= 15 is 0 Å². The summed E-state index contributed by atoms with van der Waals surface area (Å²) in [5.41, 5.74) is 1.35. The SMILES string of the molecule is CC(C)c1ccc(NC(=O)NC(C)(C)CO)cc1. The molecule has 0 bridgehead atoms. The third-order valence-electron chi connectivity index (χ3n) is 2.68. The van der Waals surface area contributed by atoms with Crippen LogP contribution in [0.25, 0.3) is 0 Å². The highest BCUT2D eigenvalue weighted by Crippen LogP contribution is 2.17. The van der Waals surface area contributed by atoms with Crippen LogP contribution in [0.3, 0.4) is 0 Å². The van der Waals surface area contributed by atoms with Crippen LogP contribution in [0.15, 0.2) is 24.3 Å². The second-order valence-electron chi connectivity index (χ2n) is 5.40. The Labute approximate surface area is 108 Å². The van der Waals surface area contributed by atoms with Crippen molar-refractivity contribution >= 4 is 11.7 Å². The highest BCUT2D eigenvalue weighted by atomic mass is 16.3. The number of urea groups is 1. The zero-order chi connectivity index (χ0) is 13.8. The Morgan fingerprint density at radius 1 is 1.28 bits per heavy atom. The molecule has 0 aliphatic heterocycles. The van der Waals surface area contributed by atoms with E-state index in [0.29, 0.717) is 5.92 Å². The van der Waals surface area contributed by atoms with Crippen molar-refractivity contribution in [3.63, 3.8) is 0 Å². The quantitative estimate of drug-likeness (QED) is 0.769. The minimum Gasteiger partial charge on any atom is -0.394 e. The predicted molar refractivity (Wildman–Crippen MR) is 73.9 cm³/mol. The molecule has 18 heavy (non-hydrogen) atoms. The van der Waals surface area contributed by atoms with E-state index in [4.69, 9.17) is 5.11 Å². The number of aliphatic hydroxyl groups is 1. The molecule has 0 saturated carbocycles. The normalized spacial score (nSPS) is 11.4. The van der Waals surface area contributed by atoms with E-state index in [0.717, 1.165) is 5.69 Å². The van der Waals surface area contributed by atoms with Gasteiger partial charge in [0, 0.05) is 5.69 Å². The summed E-state index contributed by atoms with van der Waals surface area (Å²) in [5, 5.41) is 14.5. The number of benzene rings is 1. The molecule has 3 N–H and O–H groups in total. The van der Waals surface area contributed by atoms with E-state index in [-0.39, 0.29) is 12.6 Å². The number of amides is 2. The van der Waals surface area contributed by atoms with Crippen LogP contribution in [-0.2, 0) is 0 Å². The fourth-order valence-electron chi connectivity index (χ4n) is 1.46. The molecule has 0 aliphatic carbocycles. The number of anilines is 1. The van der Waals surface area contributed by atoms with E-state index in [1.54, 1.807) is 13.8 Å². The lowest BCUT2D eigenvalue weighted by atomic mass is 10.0. The number of rotatable bonds is 4. The zero-order valence-electron chi connectivity index (χ0n) is 11.4. The van der Waals surface area contributed by atoms with E-state index < -0.39 is 5.54 Å². The largest absolute Gasteiger partial charge is 0.394 e. The summed E-state index contributed by atoms with van der Waals surface area (Å²) in [4.78, 5) is 11.7. The summed E-state index contributed by atoms with van der Waals surface area (Å²) in [7, 11) is 0. The van der Waals surface area contributed by atoms with Gasteiger partial charge in [-0.15, -0.1) is 0 Å². The van der Waals surface area contributed by atoms with Gasteiger partial charge in [0.1, 0.15) is 0 Å². The summed E-state index contributed by atoms with van der Waals surface area (Å²) in [6.45, 7) is 7.66. The average Bonchev–Trinajstić information content (AvgIpc) is 2.29. The van der Waals surface area contributed by atoms with Crippen molar-refractivity contribution in [3.05, 3.63) is 29.8 Å². The summed E-state index contributed by atoms with van der Waals surface area (Å²) < 4.78 is 0. The number of nitrogens with one attached hydrogen (secondary N) is 2. The predicted octanol–water partition coefficient (Wildman–Crippen LogP) is 2.70. The van der Waals surface area contributed by atoms with Gasteiger partial charge in [-0.25, -0.2) is 4.79 Å². The summed E-state index contributed by atoms with van der Waals surface area (Å²) in [6, 6.07) is 7.43. The molecule has 0 fully saturated rings. The number of hydrogen-bond donors (Lipinski definition) is 3. The Balaban J connectivity index is 2.60. The molecule has 2 amide bonds. The maximum Gasteiger partial charge on any atom is 0.319 e. The average molecular weight is 250 g/mol. The molecule has 1 rings (SSSR count). The van der Waals surface area contributed by atoms with Gasteiger partial charge in [0.05, 0.1) is 12.1 Å². The highest BCUT2D eigenvalue weighted by Gasteiger charge is 2.18. The van der Waals surface area contributed by atoms with E-state index in [9.17, 15) is 4.79 Å². The second-order valence-corrected chi connectivity index (χ2v) is 5.40. The fourth-order valence-corrected chi connectivity index (χ4v) is 1.46. The van der Waals surface area contributed by atoms with E-state index in [2.05, 4.69) is 24.5 Å².